The van der Waals surface area contributed by atoms with Gasteiger partial charge in [-0.1, -0.05) is 166 Å². The molecular formula is C60H42N2O. The Bertz CT molecular complexity index is 3770. The van der Waals surface area contributed by atoms with E-state index in [0.717, 1.165) is 82.8 Å². The largest absolute Gasteiger partial charge is 0.455 e. The lowest BCUT2D eigenvalue weighted by Crippen LogP contribution is -2.16. The number of hydrogen-bond donors (Lipinski definition) is 0. The average molecular weight is 807 g/mol. The van der Waals surface area contributed by atoms with E-state index in [9.17, 15) is 0 Å². The fourth-order valence-electron chi connectivity index (χ4n) is 10.3. The first kappa shape index (κ1) is 36.9. The van der Waals surface area contributed by atoms with Crippen LogP contribution in [0.15, 0.2) is 205 Å². The Kier molecular flexibility index (Phi) is 8.26. The number of furan rings is 1. The number of aromatic nitrogens is 2. The molecule has 0 saturated heterocycles. The molecule has 2 heterocycles. The van der Waals surface area contributed by atoms with Crippen LogP contribution in [0.2, 0.25) is 0 Å². The van der Waals surface area contributed by atoms with E-state index in [1.807, 2.05) is 12.3 Å². The van der Waals surface area contributed by atoms with Crippen LogP contribution in [0.3, 0.4) is 0 Å². The van der Waals surface area contributed by atoms with Gasteiger partial charge >= 0.3 is 0 Å². The average Bonchev–Trinajstić information content (AvgIpc) is 3.82. The summed E-state index contributed by atoms with van der Waals surface area (Å²) in [5.41, 5.74) is 17.0. The van der Waals surface area contributed by atoms with Crippen LogP contribution >= 0.6 is 0 Å². The van der Waals surface area contributed by atoms with E-state index in [4.69, 9.17) is 14.4 Å². The van der Waals surface area contributed by atoms with Crippen molar-refractivity contribution in [1.29, 1.82) is 0 Å². The van der Waals surface area contributed by atoms with Crippen LogP contribution < -0.4 is 0 Å². The van der Waals surface area contributed by atoms with Gasteiger partial charge in [0.1, 0.15) is 11.2 Å². The molecule has 0 bridgehead atoms. The second-order valence-corrected chi connectivity index (χ2v) is 17.3. The minimum absolute atomic E-state index is 0.170. The Morgan fingerprint density at radius 2 is 1.19 bits per heavy atom. The van der Waals surface area contributed by atoms with E-state index in [1.54, 1.807) is 0 Å². The van der Waals surface area contributed by atoms with E-state index < -0.39 is 0 Å². The maximum Gasteiger partial charge on any atom is 0.143 e. The fourth-order valence-corrected chi connectivity index (χ4v) is 10.3. The predicted octanol–water partition coefficient (Wildman–Crippen LogP) is 16.5. The lowest BCUT2D eigenvalue weighted by atomic mass is 9.80. The number of hydrogen-bond acceptors (Lipinski definition) is 3. The zero-order chi connectivity index (χ0) is 42.4. The molecule has 12 rings (SSSR count). The van der Waals surface area contributed by atoms with Gasteiger partial charge in [0.25, 0.3) is 0 Å². The van der Waals surface area contributed by atoms with Crippen molar-refractivity contribution in [3.63, 3.8) is 0 Å². The quantitative estimate of drug-likeness (QED) is 0.157. The summed E-state index contributed by atoms with van der Waals surface area (Å²) in [7, 11) is 0. The third kappa shape index (κ3) is 5.66. The molecular weight excluding hydrogens is 765 g/mol. The standard InChI is InChI=1S/C60H42N2O/c1-5-15-52-43(6-2)47-28-26-39(34-53(47)60(52,3)4)42-32-50(59-51(33-42)56-44-21-8-7-16-36(44)27-29-55(56)63-59)40-19-13-17-37(30-40)38-18-14-20-41(31-38)54-35-61-57-48-24-11-9-22-45(48)46-23-10-12-25-49(46)58(57)62-54/h5-35H,2H2,1,3-4H3/b15-5-. The van der Waals surface area contributed by atoms with Gasteiger partial charge in [0, 0.05) is 38.1 Å². The molecule has 2 aromatic heterocycles. The van der Waals surface area contributed by atoms with Crippen molar-refractivity contribution >= 4 is 70.9 Å². The Morgan fingerprint density at radius 1 is 0.540 bits per heavy atom. The second kappa shape index (κ2) is 14.1. The van der Waals surface area contributed by atoms with Crippen LogP contribution in [0.4, 0.5) is 0 Å². The highest BCUT2D eigenvalue weighted by Gasteiger charge is 2.35. The summed E-state index contributed by atoms with van der Waals surface area (Å²) in [4.78, 5) is 10.4. The first-order chi connectivity index (χ1) is 30.9. The van der Waals surface area contributed by atoms with Crippen LogP contribution in [0.5, 0.6) is 0 Å². The van der Waals surface area contributed by atoms with Crippen LogP contribution in [-0.4, -0.2) is 9.97 Å². The van der Waals surface area contributed by atoms with Gasteiger partial charge in [-0.3, -0.25) is 4.98 Å². The molecule has 0 N–H and O–H groups in total. The van der Waals surface area contributed by atoms with Crippen LogP contribution in [0, 0.1) is 0 Å². The Balaban J connectivity index is 1.01. The van der Waals surface area contributed by atoms with Crippen LogP contribution in [0.25, 0.3) is 116 Å². The minimum atomic E-state index is -0.170. The smallest absolute Gasteiger partial charge is 0.143 e. The molecule has 0 spiro atoms. The summed E-state index contributed by atoms with van der Waals surface area (Å²) in [5.74, 6) is 0. The highest BCUT2D eigenvalue weighted by atomic mass is 16.3. The monoisotopic (exact) mass is 806 g/mol. The van der Waals surface area contributed by atoms with Gasteiger partial charge in [-0.25, -0.2) is 4.98 Å². The van der Waals surface area contributed by atoms with Gasteiger partial charge in [0.2, 0.25) is 0 Å². The molecule has 11 aromatic rings. The fraction of sp³-hybridized carbons (Fsp3) is 0.0667. The van der Waals surface area contributed by atoms with Crippen molar-refractivity contribution in [2.75, 3.05) is 0 Å². The summed E-state index contributed by atoms with van der Waals surface area (Å²) < 4.78 is 6.89. The lowest BCUT2D eigenvalue weighted by Gasteiger charge is -2.23. The Hall–Kier alpha value is -7.88. The molecule has 1 aliphatic carbocycles. The topological polar surface area (TPSA) is 38.9 Å². The summed E-state index contributed by atoms with van der Waals surface area (Å²) >= 11 is 0. The van der Waals surface area contributed by atoms with Crippen molar-refractivity contribution in [3.8, 4) is 44.6 Å². The van der Waals surface area contributed by atoms with E-state index >= 15 is 0 Å². The molecule has 9 aromatic carbocycles. The van der Waals surface area contributed by atoms with E-state index in [1.165, 1.54) is 49.4 Å². The van der Waals surface area contributed by atoms with Gasteiger partial charge in [-0.2, -0.15) is 0 Å². The molecule has 1 aliphatic rings. The highest BCUT2D eigenvalue weighted by Crippen LogP contribution is 2.49. The first-order valence-corrected chi connectivity index (χ1v) is 21.7. The van der Waals surface area contributed by atoms with Crippen molar-refractivity contribution < 1.29 is 4.42 Å². The molecule has 0 unspecified atom stereocenters. The van der Waals surface area contributed by atoms with Gasteiger partial charge in [0.15, 0.2) is 0 Å². The summed E-state index contributed by atoms with van der Waals surface area (Å²) in [5, 5.41) is 9.23. The summed E-state index contributed by atoms with van der Waals surface area (Å²) in [6, 6.07) is 59.0. The molecule has 63 heavy (non-hydrogen) atoms. The molecule has 0 aliphatic heterocycles. The van der Waals surface area contributed by atoms with Gasteiger partial charge < -0.3 is 4.42 Å². The lowest BCUT2D eigenvalue weighted by molar-refractivity contribution is 0.654. The Labute approximate surface area is 366 Å². The molecule has 0 atom stereocenters. The normalized spacial score (nSPS) is 13.7. The predicted molar refractivity (Wildman–Crippen MR) is 266 cm³/mol. The van der Waals surface area contributed by atoms with E-state index in [-0.39, 0.29) is 5.41 Å². The Morgan fingerprint density at radius 3 is 1.94 bits per heavy atom. The molecule has 0 radical (unpaired) electrons. The molecule has 3 heteroatoms. The number of rotatable bonds is 6. The van der Waals surface area contributed by atoms with Gasteiger partial charge in [0.05, 0.1) is 22.9 Å². The van der Waals surface area contributed by atoms with Crippen LogP contribution in [-0.2, 0) is 5.41 Å². The van der Waals surface area contributed by atoms with Gasteiger partial charge in [-0.15, -0.1) is 0 Å². The molecule has 0 fully saturated rings. The maximum absolute atomic E-state index is 6.89. The van der Waals surface area contributed by atoms with Crippen molar-refractivity contribution in [2.24, 2.45) is 0 Å². The van der Waals surface area contributed by atoms with E-state index in [0.29, 0.717) is 0 Å². The summed E-state index contributed by atoms with van der Waals surface area (Å²) in [6.07, 6.45) is 8.30. The molecule has 0 saturated carbocycles. The zero-order valence-electron chi connectivity index (χ0n) is 35.4. The molecule has 0 amide bonds. The van der Waals surface area contributed by atoms with Crippen molar-refractivity contribution in [2.45, 2.75) is 26.2 Å². The number of nitrogens with zero attached hydrogens (tertiary/aromatic N) is 2. The number of benzene rings is 9. The van der Waals surface area contributed by atoms with E-state index in [2.05, 4.69) is 203 Å². The maximum atomic E-state index is 6.89. The minimum Gasteiger partial charge on any atom is -0.455 e. The highest BCUT2D eigenvalue weighted by molar-refractivity contribution is 6.23. The van der Waals surface area contributed by atoms with Crippen molar-refractivity contribution in [3.05, 3.63) is 211 Å². The van der Waals surface area contributed by atoms with Crippen molar-refractivity contribution in [1.82, 2.24) is 9.97 Å². The summed E-state index contributed by atoms with van der Waals surface area (Å²) in [6.45, 7) is 10.9. The van der Waals surface area contributed by atoms with Gasteiger partial charge in [-0.05, 0) is 115 Å². The molecule has 298 valence electrons. The number of fused-ring (bicyclic) bond motifs is 12. The molecule has 3 nitrogen and oxygen atoms in total. The first-order valence-electron chi connectivity index (χ1n) is 21.7. The second-order valence-electron chi connectivity index (χ2n) is 17.3. The third-order valence-electron chi connectivity index (χ3n) is 13.4. The number of allylic oxidation sites excluding steroid dienone is 5. The zero-order valence-corrected chi connectivity index (χ0v) is 35.4. The van der Waals surface area contributed by atoms with Crippen LogP contribution in [0.1, 0.15) is 31.9 Å². The third-order valence-corrected chi connectivity index (χ3v) is 13.4. The SMILES string of the molecule is C=CC1=C(/C=C\C)C(C)(C)c2cc(-c3cc(-c4cccc(-c5cccc(-c6cnc7c8ccccc8c8ccccc8c7n6)c5)c4)c4oc5ccc6ccccc6c5c4c3)ccc21.